The van der Waals surface area contributed by atoms with Gasteiger partial charge in [-0.3, -0.25) is 14.5 Å². The van der Waals surface area contributed by atoms with Crippen LogP contribution in [-0.2, 0) is 9.59 Å². The van der Waals surface area contributed by atoms with Crippen LogP contribution in [0.5, 0.6) is 5.75 Å². The Balaban J connectivity index is 1.96. The summed E-state index contributed by atoms with van der Waals surface area (Å²) in [5, 5.41) is 11.7. The van der Waals surface area contributed by atoms with Crippen LogP contribution in [0.3, 0.4) is 0 Å². The second kappa shape index (κ2) is 10.1. The molecule has 0 radical (unpaired) electrons. The zero-order valence-electron chi connectivity index (χ0n) is 22.5. The fraction of sp³-hybridized carbons (Fsp3) is 0.290. The van der Waals surface area contributed by atoms with E-state index < -0.39 is 17.7 Å². The molecule has 1 amide bonds. The van der Waals surface area contributed by atoms with Crippen LogP contribution >= 0.6 is 0 Å². The van der Waals surface area contributed by atoms with E-state index in [9.17, 15) is 14.7 Å². The second-order valence-electron chi connectivity index (χ2n) is 10.1. The minimum atomic E-state index is -0.769. The lowest BCUT2D eigenvalue weighted by Crippen LogP contribution is -2.29. The number of Topliss-reactive ketones (excluding diaryl/α,β-unsaturated/α-hetero) is 1. The Morgan fingerprint density at radius 2 is 1.68 bits per heavy atom. The van der Waals surface area contributed by atoms with Gasteiger partial charge in [-0.1, -0.05) is 43.7 Å². The van der Waals surface area contributed by atoms with Crippen molar-refractivity contribution in [2.45, 2.75) is 39.7 Å². The molecule has 3 aromatic rings. The molecular formula is C31H34N2O4. The van der Waals surface area contributed by atoms with E-state index in [1.807, 2.05) is 107 Å². The molecule has 192 valence electrons. The molecule has 37 heavy (non-hydrogen) atoms. The van der Waals surface area contributed by atoms with Crippen molar-refractivity contribution < 1.29 is 19.4 Å². The molecule has 1 saturated heterocycles. The van der Waals surface area contributed by atoms with E-state index in [1.54, 1.807) is 7.11 Å². The van der Waals surface area contributed by atoms with Gasteiger partial charge in [-0.25, -0.2) is 0 Å². The van der Waals surface area contributed by atoms with Crippen molar-refractivity contribution in [2.75, 3.05) is 31.0 Å². The highest BCUT2D eigenvalue weighted by Crippen LogP contribution is 2.43. The first kappa shape index (κ1) is 26.0. The van der Waals surface area contributed by atoms with E-state index in [0.29, 0.717) is 11.3 Å². The van der Waals surface area contributed by atoms with Crippen LogP contribution in [-0.4, -0.2) is 38.0 Å². The Hall–Kier alpha value is -4.06. The first-order valence-corrected chi connectivity index (χ1v) is 12.4. The van der Waals surface area contributed by atoms with E-state index in [1.165, 1.54) is 4.90 Å². The first-order valence-electron chi connectivity index (χ1n) is 12.4. The number of hydrogen-bond donors (Lipinski definition) is 1. The third-order valence-electron chi connectivity index (χ3n) is 6.90. The van der Waals surface area contributed by atoms with Gasteiger partial charge in [-0.05, 0) is 72.9 Å². The van der Waals surface area contributed by atoms with Crippen LogP contribution in [0, 0.1) is 13.8 Å². The molecule has 1 aliphatic rings. The van der Waals surface area contributed by atoms with Gasteiger partial charge >= 0.3 is 0 Å². The maximum Gasteiger partial charge on any atom is 0.300 e. The van der Waals surface area contributed by atoms with Gasteiger partial charge in [0.1, 0.15) is 11.5 Å². The summed E-state index contributed by atoms with van der Waals surface area (Å²) in [6.07, 6.45) is 0. The number of amides is 1. The number of methoxy groups -OCH3 is 1. The van der Waals surface area contributed by atoms with Crippen LogP contribution in [0.25, 0.3) is 5.76 Å². The van der Waals surface area contributed by atoms with Gasteiger partial charge in [0.2, 0.25) is 0 Å². The number of carbonyl (C=O) groups is 2. The average Bonchev–Trinajstić information content (AvgIpc) is 3.13. The molecule has 6 nitrogen and oxygen atoms in total. The lowest BCUT2D eigenvalue weighted by atomic mass is 9.90. The normalized spacial score (nSPS) is 17.0. The number of ether oxygens (including phenoxy) is 1. The van der Waals surface area contributed by atoms with Crippen molar-refractivity contribution in [3.05, 3.63) is 94.1 Å². The van der Waals surface area contributed by atoms with Crippen molar-refractivity contribution >= 4 is 28.8 Å². The molecule has 0 spiro atoms. The maximum atomic E-state index is 13.6. The fourth-order valence-corrected chi connectivity index (χ4v) is 4.89. The van der Waals surface area contributed by atoms with Crippen LogP contribution in [0.2, 0.25) is 0 Å². The number of carbonyl (C=O) groups excluding carboxylic acids is 2. The highest BCUT2D eigenvalue weighted by molar-refractivity contribution is 6.51. The largest absolute Gasteiger partial charge is 0.507 e. The molecule has 4 rings (SSSR count). The number of aryl methyl sites for hydroxylation is 2. The number of aliphatic hydroxyl groups is 1. The van der Waals surface area contributed by atoms with Gasteiger partial charge in [0.25, 0.3) is 11.7 Å². The number of ketones is 1. The zero-order chi connectivity index (χ0) is 27.0. The molecule has 0 aliphatic carbocycles. The van der Waals surface area contributed by atoms with E-state index >= 15 is 0 Å². The van der Waals surface area contributed by atoms with Gasteiger partial charge < -0.3 is 14.7 Å². The highest BCUT2D eigenvalue weighted by atomic mass is 16.5. The quantitative estimate of drug-likeness (QED) is 0.252. The standard InChI is InChI=1S/C31H34N2O4/c1-18(2)24-17-25(20(4)16-26(24)37-7)29(34)27-28(21-10-8-9-19(3)15-21)33(31(36)30(27)35)23-13-11-22(12-14-23)32(5)6/h8-18,28,34H,1-7H3/b29-27+. The summed E-state index contributed by atoms with van der Waals surface area (Å²) in [7, 11) is 5.50. The topological polar surface area (TPSA) is 70.1 Å². The summed E-state index contributed by atoms with van der Waals surface area (Å²) in [5.74, 6) is -0.699. The molecule has 1 heterocycles. The van der Waals surface area contributed by atoms with Gasteiger partial charge in [0, 0.05) is 31.0 Å². The molecular weight excluding hydrogens is 464 g/mol. The molecule has 1 unspecified atom stereocenters. The Kier molecular flexibility index (Phi) is 7.12. The Bertz CT molecular complexity index is 1390. The van der Waals surface area contributed by atoms with Crippen molar-refractivity contribution in [3.63, 3.8) is 0 Å². The fourth-order valence-electron chi connectivity index (χ4n) is 4.89. The average molecular weight is 499 g/mol. The summed E-state index contributed by atoms with van der Waals surface area (Å²) in [6.45, 7) is 7.91. The van der Waals surface area contributed by atoms with Gasteiger partial charge in [0.15, 0.2) is 0 Å². The predicted molar refractivity (Wildman–Crippen MR) is 149 cm³/mol. The van der Waals surface area contributed by atoms with Crippen molar-refractivity contribution in [3.8, 4) is 5.75 Å². The van der Waals surface area contributed by atoms with Crippen molar-refractivity contribution in [2.24, 2.45) is 0 Å². The lowest BCUT2D eigenvalue weighted by molar-refractivity contribution is -0.132. The van der Waals surface area contributed by atoms with Gasteiger partial charge in [-0.15, -0.1) is 0 Å². The van der Waals surface area contributed by atoms with E-state index in [0.717, 1.165) is 33.7 Å². The Morgan fingerprint density at radius 1 is 1.00 bits per heavy atom. The number of anilines is 2. The monoisotopic (exact) mass is 498 g/mol. The molecule has 3 aromatic carbocycles. The van der Waals surface area contributed by atoms with Gasteiger partial charge in [0.05, 0.1) is 18.7 Å². The smallest absolute Gasteiger partial charge is 0.300 e. The summed E-state index contributed by atoms with van der Waals surface area (Å²) in [5.41, 5.74) is 5.58. The van der Waals surface area contributed by atoms with Crippen LogP contribution < -0.4 is 14.5 Å². The van der Waals surface area contributed by atoms with Crippen LogP contribution in [0.1, 0.15) is 53.6 Å². The van der Waals surface area contributed by atoms with Crippen molar-refractivity contribution in [1.29, 1.82) is 0 Å². The van der Waals surface area contributed by atoms with Crippen LogP contribution in [0.4, 0.5) is 11.4 Å². The summed E-state index contributed by atoms with van der Waals surface area (Å²) >= 11 is 0. The molecule has 6 heteroatoms. The molecule has 0 aromatic heterocycles. The number of rotatable bonds is 6. The number of hydrogen-bond acceptors (Lipinski definition) is 5. The van der Waals surface area contributed by atoms with E-state index in [-0.39, 0.29) is 17.3 Å². The summed E-state index contributed by atoms with van der Waals surface area (Å²) < 4.78 is 5.56. The highest BCUT2D eigenvalue weighted by Gasteiger charge is 2.47. The Labute approximate surface area is 218 Å². The summed E-state index contributed by atoms with van der Waals surface area (Å²) in [6, 6.07) is 18.1. The van der Waals surface area contributed by atoms with Crippen molar-refractivity contribution in [1.82, 2.24) is 0 Å². The summed E-state index contributed by atoms with van der Waals surface area (Å²) in [4.78, 5) is 30.5. The predicted octanol–water partition coefficient (Wildman–Crippen LogP) is 6.13. The molecule has 0 bridgehead atoms. The minimum absolute atomic E-state index is 0.0789. The number of nitrogens with zero attached hydrogens (tertiary/aromatic N) is 2. The van der Waals surface area contributed by atoms with Crippen LogP contribution in [0.15, 0.2) is 66.2 Å². The SMILES string of the molecule is COc1cc(C)c(/C(O)=C2\C(=O)C(=O)N(c3ccc(N(C)C)cc3)C2c2cccc(C)c2)cc1C(C)C. The third-order valence-corrected chi connectivity index (χ3v) is 6.90. The maximum absolute atomic E-state index is 13.6. The molecule has 1 aliphatic heterocycles. The van der Waals surface area contributed by atoms with E-state index in [4.69, 9.17) is 4.74 Å². The molecule has 1 atom stereocenters. The Morgan fingerprint density at radius 3 is 2.24 bits per heavy atom. The lowest BCUT2D eigenvalue weighted by Gasteiger charge is -2.26. The van der Waals surface area contributed by atoms with Gasteiger partial charge in [-0.2, -0.15) is 0 Å². The third kappa shape index (κ3) is 4.71. The zero-order valence-corrected chi connectivity index (χ0v) is 22.5. The van der Waals surface area contributed by atoms with E-state index in [2.05, 4.69) is 0 Å². The number of aliphatic hydroxyl groups excluding tert-OH is 1. The molecule has 1 N–H and O–H groups in total. The first-order chi connectivity index (χ1) is 17.5. The molecule has 1 fully saturated rings. The second-order valence-corrected chi connectivity index (χ2v) is 10.1. The number of benzene rings is 3. The minimum Gasteiger partial charge on any atom is -0.507 e. The molecule has 0 saturated carbocycles.